The summed E-state index contributed by atoms with van der Waals surface area (Å²) in [4.78, 5) is 4.09. The molecule has 19 heavy (non-hydrogen) atoms. The summed E-state index contributed by atoms with van der Waals surface area (Å²) in [7, 11) is 0. The molecule has 0 amide bonds. The van der Waals surface area contributed by atoms with Crippen molar-refractivity contribution >= 4 is 11.6 Å². The molecule has 0 spiro atoms. The lowest BCUT2D eigenvalue weighted by Crippen LogP contribution is -2.07. The van der Waals surface area contributed by atoms with Crippen molar-refractivity contribution < 1.29 is 9.47 Å². The number of hydrogen-bond donors (Lipinski definition) is 0. The standard InChI is InChI=1S/C15H20ClNO2/c1-2-3-8-18-9-10-19-15-11-14(12-17-13-15)6-4-5-7-16/h11-13H,2-3,5,7-10H2,1H3. The molecule has 0 fully saturated rings. The lowest BCUT2D eigenvalue weighted by molar-refractivity contribution is 0.0979. The molecule has 0 unspecified atom stereocenters. The van der Waals surface area contributed by atoms with Crippen LogP contribution in [0.25, 0.3) is 0 Å². The van der Waals surface area contributed by atoms with Gasteiger partial charge < -0.3 is 9.47 Å². The highest BCUT2D eigenvalue weighted by molar-refractivity contribution is 6.18. The number of ether oxygens (including phenoxy) is 2. The van der Waals surface area contributed by atoms with Crippen LogP contribution in [0.4, 0.5) is 0 Å². The van der Waals surface area contributed by atoms with Gasteiger partial charge in [0.2, 0.25) is 0 Å². The Labute approximate surface area is 120 Å². The second kappa shape index (κ2) is 10.7. The lowest BCUT2D eigenvalue weighted by Gasteiger charge is -2.06. The van der Waals surface area contributed by atoms with E-state index in [1.54, 1.807) is 12.4 Å². The molecule has 0 radical (unpaired) electrons. The van der Waals surface area contributed by atoms with E-state index in [4.69, 9.17) is 21.1 Å². The quantitative estimate of drug-likeness (QED) is 0.416. The third kappa shape index (κ3) is 7.71. The number of nitrogens with zero attached hydrogens (tertiary/aromatic N) is 1. The van der Waals surface area contributed by atoms with Gasteiger partial charge in [-0.3, -0.25) is 4.98 Å². The topological polar surface area (TPSA) is 31.4 Å². The van der Waals surface area contributed by atoms with Crippen molar-refractivity contribution in [3.63, 3.8) is 0 Å². The smallest absolute Gasteiger partial charge is 0.138 e. The Bertz CT molecular complexity index is 412. The van der Waals surface area contributed by atoms with Crippen LogP contribution in [0, 0.1) is 11.8 Å². The maximum Gasteiger partial charge on any atom is 0.138 e. The third-order valence-electron chi connectivity index (χ3n) is 2.30. The molecule has 1 aromatic rings. The molecule has 0 N–H and O–H groups in total. The van der Waals surface area contributed by atoms with Gasteiger partial charge in [0.1, 0.15) is 12.4 Å². The summed E-state index contributed by atoms with van der Waals surface area (Å²) in [5.74, 6) is 7.23. The minimum absolute atomic E-state index is 0.532. The summed E-state index contributed by atoms with van der Waals surface area (Å²) in [6, 6.07) is 1.88. The largest absolute Gasteiger partial charge is 0.490 e. The van der Waals surface area contributed by atoms with E-state index in [9.17, 15) is 0 Å². The van der Waals surface area contributed by atoms with Gasteiger partial charge in [-0.2, -0.15) is 0 Å². The molecule has 0 aromatic carbocycles. The zero-order chi connectivity index (χ0) is 13.8. The van der Waals surface area contributed by atoms with Gasteiger partial charge >= 0.3 is 0 Å². The van der Waals surface area contributed by atoms with E-state index < -0.39 is 0 Å². The zero-order valence-corrected chi connectivity index (χ0v) is 12.1. The first-order chi connectivity index (χ1) is 9.36. The Morgan fingerprint density at radius 1 is 1.26 bits per heavy atom. The summed E-state index contributed by atoms with van der Waals surface area (Å²) >= 11 is 5.56. The molecule has 0 atom stereocenters. The molecule has 104 valence electrons. The third-order valence-corrected chi connectivity index (χ3v) is 2.49. The van der Waals surface area contributed by atoms with Crippen LogP contribution in [0.15, 0.2) is 18.5 Å². The molecule has 1 rings (SSSR count). The average Bonchev–Trinajstić information content (AvgIpc) is 2.43. The van der Waals surface area contributed by atoms with Gasteiger partial charge in [-0.15, -0.1) is 11.6 Å². The highest BCUT2D eigenvalue weighted by Crippen LogP contribution is 2.10. The average molecular weight is 282 g/mol. The van der Waals surface area contributed by atoms with E-state index in [1.165, 1.54) is 0 Å². The molecule has 1 aromatic heterocycles. The number of hydrogen-bond acceptors (Lipinski definition) is 3. The van der Waals surface area contributed by atoms with Crippen LogP contribution in [-0.4, -0.2) is 30.7 Å². The van der Waals surface area contributed by atoms with E-state index in [2.05, 4.69) is 23.7 Å². The van der Waals surface area contributed by atoms with Gasteiger partial charge in [0.25, 0.3) is 0 Å². The SMILES string of the molecule is CCCCOCCOc1cncc(C#CCCCl)c1. The number of halogens is 1. The summed E-state index contributed by atoms with van der Waals surface area (Å²) < 4.78 is 11.0. The summed E-state index contributed by atoms with van der Waals surface area (Å²) in [5, 5.41) is 0. The van der Waals surface area contributed by atoms with Crippen molar-refractivity contribution in [3.8, 4) is 17.6 Å². The van der Waals surface area contributed by atoms with Crippen LogP contribution >= 0.6 is 11.6 Å². The molecular formula is C15H20ClNO2. The summed E-state index contributed by atoms with van der Waals surface area (Å²) in [5.41, 5.74) is 0.842. The molecule has 0 aliphatic rings. The van der Waals surface area contributed by atoms with Crippen LogP contribution in [0.1, 0.15) is 31.7 Å². The van der Waals surface area contributed by atoms with Crippen LogP contribution in [0.3, 0.4) is 0 Å². The molecule has 0 bridgehead atoms. The molecule has 1 heterocycles. The summed E-state index contributed by atoms with van der Waals surface area (Å²) in [6.07, 6.45) is 6.31. The number of rotatable bonds is 8. The first kappa shape index (κ1) is 15.8. The van der Waals surface area contributed by atoms with Crippen molar-refractivity contribution in [3.05, 3.63) is 24.0 Å². The van der Waals surface area contributed by atoms with E-state index in [0.717, 1.165) is 30.8 Å². The van der Waals surface area contributed by atoms with Crippen molar-refractivity contribution in [2.75, 3.05) is 25.7 Å². The number of unbranched alkanes of at least 4 members (excludes halogenated alkanes) is 1. The number of aromatic nitrogens is 1. The minimum atomic E-state index is 0.532. The van der Waals surface area contributed by atoms with E-state index in [1.807, 2.05) is 6.07 Å². The summed E-state index contributed by atoms with van der Waals surface area (Å²) in [6.45, 7) is 4.07. The van der Waals surface area contributed by atoms with Crippen molar-refractivity contribution in [1.82, 2.24) is 4.98 Å². The van der Waals surface area contributed by atoms with Crippen LogP contribution < -0.4 is 4.74 Å². The van der Waals surface area contributed by atoms with E-state index >= 15 is 0 Å². The van der Waals surface area contributed by atoms with Crippen LogP contribution in [-0.2, 0) is 4.74 Å². The maximum absolute atomic E-state index is 5.56. The Kier molecular flexibility index (Phi) is 8.87. The normalized spacial score (nSPS) is 9.79. The van der Waals surface area contributed by atoms with Gasteiger partial charge in [-0.25, -0.2) is 0 Å². The highest BCUT2D eigenvalue weighted by atomic mass is 35.5. The Morgan fingerprint density at radius 3 is 2.95 bits per heavy atom. The zero-order valence-electron chi connectivity index (χ0n) is 11.3. The first-order valence-corrected chi connectivity index (χ1v) is 7.10. The minimum Gasteiger partial charge on any atom is -0.490 e. The molecule has 3 nitrogen and oxygen atoms in total. The highest BCUT2D eigenvalue weighted by Gasteiger charge is 1.96. The monoisotopic (exact) mass is 281 g/mol. The number of alkyl halides is 1. The molecular weight excluding hydrogens is 262 g/mol. The van der Waals surface area contributed by atoms with Gasteiger partial charge in [-0.1, -0.05) is 25.2 Å². The second-order valence-electron chi connectivity index (χ2n) is 3.96. The maximum atomic E-state index is 5.56. The van der Waals surface area contributed by atoms with Gasteiger partial charge in [0, 0.05) is 30.7 Å². The van der Waals surface area contributed by atoms with Gasteiger partial charge in [0.05, 0.1) is 12.8 Å². The molecule has 4 heteroatoms. The second-order valence-corrected chi connectivity index (χ2v) is 4.34. The Hall–Kier alpha value is -1.24. The Balaban J connectivity index is 2.30. The fraction of sp³-hybridized carbons (Fsp3) is 0.533. The van der Waals surface area contributed by atoms with Gasteiger partial charge in [-0.05, 0) is 12.5 Å². The molecule has 0 saturated heterocycles. The first-order valence-electron chi connectivity index (χ1n) is 6.57. The Morgan fingerprint density at radius 2 is 2.16 bits per heavy atom. The molecule has 0 aliphatic heterocycles. The van der Waals surface area contributed by atoms with Crippen LogP contribution in [0.2, 0.25) is 0 Å². The van der Waals surface area contributed by atoms with Crippen molar-refractivity contribution in [2.45, 2.75) is 26.2 Å². The van der Waals surface area contributed by atoms with E-state index in [0.29, 0.717) is 25.5 Å². The molecule has 0 saturated carbocycles. The van der Waals surface area contributed by atoms with E-state index in [-0.39, 0.29) is 0 Å². The predicted molar refractivity (Wildman–Crippen MR) is 77.7 cm³/mol. The van der Waals surface area contributed by atoms with Gasteiger partial charge in [0.15, 0.2) is 0 Å². The predicted octanol–water partition coefficient (Wildman–Crippen LogP) is 3.26. The van der Waals surface area contributed by atoms with Crippen molar-refractivity contribution in [1.29, 1.82) is 0 Å². The van der Waals surface area contributed by atoms with Crippen LogP contribution in [0.5, 0.6) is 5.75 Å². The number of pyridine rings is 1. The fourth-order valence-electron chi connectivity index (χ4n) is 1.34. The van der Waals surface area contributed by atoms with Crippen molar-refractivity contribution in [2.24, 2.45) is 0 Å². The fourth-order valence-corrected chi connectivity index (χ4v) is 1.44. The molecule has 0 aliphatic carbocycles. The lowest BCUT2D eigenvalue weighted by atomic mass is 10.3.